The molecule has 0 aliphatic carbocycles. The van der Waals surface area contributed by atoms with Crippen LogP contribution in [0.25, 0.3) is 11.1 Å². The highest BCUT2D eigenvalue weighted by atomic mass is 32.1. The van der Waals surface area contributed by atoms with Crippen LogP contribution in [-0.2, 0) is 11.4 Å². The number of aromatic nitrogens is 1. The van der Waals surface area contributed by atoms with Crippen molar-refractivity contribution in [3.05, 3.63) is 95.3 Å². The van der Waals surface area contributed by atoms with Gasteiger partial charge in [0.15, 0.2) is 5.13 Å². The first-order valence-corrected chi connectivity index (χ1v) is 10.7. The van der Waals surface area contributed by atoms with E-state index >= 15 is 0 Å². The van der Waals surface area contributed by atoms with Crippen molar-refractivity contribution >= 4 is 28.1 Å². The minimum absolute atomic E-state index is 0.167. The van der Waals surface area contributed by atoms with E-state index < -0.39 is 5.82 Å². The van der Waals surface area contributed by atoms with Crippen LogP contribution in [0.2, 0.25) is 0 Å². The van der Waals surface area contributed by atoms with Gasteiger partial charge in [-0.3, -0.25) is 9.69 Å². The zero-order valence-electron chi connectivity index (χ0n) is 17.2. The minimum atomic E-state index is -0.488. The van der Waals surface area contributed by atoms with E-state index in [1.807, 2.05) is 36.4 Å². The zero-order valence-corrected chi connectivity index (χ0v) is 18.0. The van der Waals surface area contributed by atoms with Crippen LogP contribution in [0.5, 0.6) is 5.75 Å². The molecule has 5 nitrogen and oxygen atoms in total. The largest absolute Gasteiger partial charge is 0.487 e. The van der Waals surface area contributed by atoms with Crippen molar-refractivity contribution < 1.29 is 13.9 Å². The van der Waals surface area contributed by atoms with Crippen LogP contribution in [0, 0.1) is 17.1 Å². The molecule has 0 saturated carbocycles. The van der Waals surface area contributed by atoms with Gasteiger partial charge in [-0.15, -0.1) is 11.3 Å². The van der Waals surface area contributed by atoms with Crippen molar-refractivity contribution in [2.45, 2.75) is 13.5 Å². The van der Waals surface area contributed by atoms with Gasteiger partial charge in [0.25, 0.3) is 0 Å². The highest BCUT2D eigenvalue weighted by molar-refractivity contribution is 7.14. The lowest BCUT2D eigenvalue weighted by Gasteiger charge is -2.18. The lowest BCUT2D eigenvalue weighted by Crippen LogP contribution is -2.23. The van der Waals surface area contributed by atoms with Gasteiger partial charge >= 0.3 is 0 Å². The number of para-hydroxylation sites is 1. The standard InChI is InChI=1S/C25H18FN3O2S/c1-17(30)29(24-5-3-2-4-23(24)26)25-28-21(16-32-25)15-31-22-12-10-20(11-13-22)19-8-6-18(14-27)7-9-19/h2-13,16H,15H2,1H3. The number of nitrogens with zero attached hydrogens (tertiary/aromatic N) is 3. The van der Waals surface area contributed by atoms with Gasteiger partial charge in [0, 0.05) is 12.3 Å². The third-order valence-corrected chi connectivity index (χ3v) is 5.60. The van der Waals surface area contributed by atoms with E-state index in [1.165, 1.54) is 29.2 Å². The Labute approximate surface area is 189 Å². The second-order valence-corrected chi connectivity index (χ2v) is 7.77. The maximum Gasteiger partial charge on any atom is 0.230 e. The molecule has 7 heteroatoms. The fraction of sp³-hybridized carbons (Fsp3) is 0.0800. The summed E-state index contributed by atoms with van der Waals surface area (Å²) in [6.45, 7) is 1.59. The normalized spacial score (nSPS) is 10.4. The monoisotopic (exact) mass is 443 g/mol. The fourth-order valence-electron chi connectivity index (χ4n) is 3.14. The molecule has 32 heavy (non-hydrogen) atoms. The van der Waals surface area contributed by atoms with Crippen LogP contribution in [0.15, 0.2) is 78.2 Å². The van der Waals surface area contributed by atoms with Gasteiger partial charge in [-0.2, -0.15) is 5.26 Å². The van der Waals surface area contributed by atoms with E-state index in [-0.39, 0.29) is 18.2 Å². The number of benzene rings is 3. The third-order valence-electron chi connectivity index (χ3n) is 4.73. The molecule has 0 radical (unpaired) electrons. The lowest BCUT2D eigenvalue weighted by atomic mass is 10.0. The smallest absolute Gasteiger partial charge is 0.230 e. The molecule has 4 rings (SSSR count). The Morgan fingerprint density at radius 2 is 1.72 bits per heavy atom. The van der Waals surface area contributed by atoms with Crippen molar-refractivity contribution in [3.63, 3.8) is 0 Å². The van der Waals surface area contributed by atoms with E-state index in [4.69, 9.17) is 10.00 Å². The highest BCUT2D eigenvalue weighted by Gasteiger charge is 2.20. The zero-order chi connectivity index (χ0) is 22.5. The second kappa shape index (κ2) is 9.41. The molecule has 0 aliphatic rings. The number of carbonyl (C=O) groups excluding carboxylic acids is 1. The molecule has 0 atom stereocenters. The maximum atomic E-state index is 14.2. The maximum absolute atomic E-state index is 14.2. The van der Waals surface area contributed by atoms with Crippen LogP contribution in [-0.4, -0.2) is 10.9 Å². The molecule has 1 amide bonds. The van der Waals surface area contributed by atoms with Gasteiger partial charge in [0.05, 0.1) is 23.0 Å². The van der Waals surface area contributed by atoms with Crippen LogP contribution < -0.4 is 9.64 Å². The number of amides is 1. The summed E-state index contributed by atoms with van der Waals surface area (Å²) in [6, 6.07) is 23.2. The summed E-state index contributed by atoms with van der Waals surface area (Å²) >= 11 is 1.25. The van der Waals surface area contributed by atoms with Crippen LogP contribution >= 0.6 is 11.3 Å². The molecular formula is C25H18FN3O2S. The van der Waals surface area contributed by atoms with Crippen LogP contribution in [0.1, 0.15) is 18.2 Å². The SMILES string of the molecule is CC(=O)N(c1nc(COc2ccc(-c3ccc(C#N)cc3)cc2)cs1)c1ccccc1F. The molecular weight excluding hydrogens is 425 g/mol. The van der Waals surface area contributed by atoms with Crippen molar-refractivity contribution in [2.24, 2.45) is 0 Å². The molecule has 158 valence electrons. The average molecular weight is 444 g/mol. The van der Waals surface area contributed by atoms with Gasteiger partial charge < -0.3 is 4.74 Å². The Kier molecular flexibility index (Phi) is 6.24. The Balaban J connectivity index is 1.44. The molecule has 4 aromatic rings. The molecule has 1 heterocycles. The van der Waals surface area contributed by atoms with Gasteiger partial charge in [-0.05, 0) is 47.5 Å². The van der Waals surface area contributed by atoms with Gasteiger partial charge in [0.2, 0.25) is 5.91 Å². The summed E-state index contributed by atoms with van der Waals surface area (Å²) in [4.78, 5) is 17.9. The summed E-state index contributed by atoms with van der Waals surface area (Å²) in [5.41, 5.74) is 3.45. The first kappa shape index (κ1) is 21.2. The van der Waals surface area contributed by atoms with Crippen molar-refractivity contribution in [1.82, 2.24) is 4.98 Å². The molecule has 1 aromatic heterocycles. The van der Waals surface area contributed by atoms with Gasteiger partial charge in [0.1, 0.15) is 18.2 Å². The van der Waals surface area contributed by atoms with Gasteiger partial charge in [-0.25, -0.2) is 9.37 Å². The quantitative estimate of drug-likeness (QED) is 0.362. The number of hydrogen-bond donors (Lipinski definition) is 0. The Morgan fingerprint density at radius 3 is 2.34 bits per heavy atom. The number of thiazole rings is 1. The van der Waals surface area contributed by atoms with Crippen LogP contribution in [0.4, 0.5) is 15.2 Å². The number of anilines is 2. The predicted octanol–water partition coefficient (Wildman–Crippen LogP) is 6.08. The Morgan fingerprint density at radius 1 is 1.06 bits per heavy atom. The molecule has 0 N–H and O–H groups in total. The number of ether oxygens (including phenoxy) is 1. The molecule has 0 fully saturated rings. The molecule has 3 aromatic carbocycles. The van der Waals surface area contributed by atoms with E-state index in [0.717, 1.165) is 11.1 Å². The Bertz CT molecular complexity index is 1280. The molecule has 0 saturated heterocycles. The van der Waals surface area contributed by atoms with E-state index in [1.54, 1.807) is 35.7 Å². The minimum Gasteiger partial charge on any atom is -0.487 e. The number of halogens is 1. The lowest BCUT2D eigenvalue weighted by molar-refractivity contribution is -0.115. The summed E-state index contributed by atoms with van der Waals surface area (Å²) in [7, 11) is 0. The molecule has 0 unspecified atom stereocenters. The van der Waals surface area contributed by atoms with Gasteiger partial charge in [-0.1, -0.05) is 36.4 Å². The molecule has 0 bridgehead atoms. The topological polar surface area (TPSA) is 66.2 Å². The third kappa shape index (κ3) is 4.66. The molecule has 0 aliphatic heterocycles. The van der Waals surface area contributed by atoms with Crippen molar-refractivity contribution in [3.8, 4) is 22.9 Å². The summed E-state index contributed by atoms with van der Waals surface area (Å²) < 4.78 is 20.0. The van der Waals surface area contributed by atoms with Crippen molar-refractivity contribution in [1.29, 1.82) is 5.26 Å². The average Bonchev–Trinajstić information content (AvgIpc) is 3.28. The van der Waals surface area contributed by atoms with E-state index in [2.05, 4.69) is 11.1 Å². The van der Waals surface area contributed by atoms with Crippen LogP contribution in [0.3, 0.4) is 0 Å². The summed E-state index contributed by atoms with van der Waals surface area (Å²) in [5.74, 6) is -0.136. The highest BCUT2D eigenvalue weighted by Crippen LogP contribution is 2.31. The second-order valence-electron chi connectivity index (χ2n) is 6.93. The summed E-state index contributed by atoms with van der Waals surface area (Å²) in [5, 5.41) is 11.1. The Hall–Kier alpha value is -4.02. The van der Waals surface area contributed by atoms with E-state index in [9.17, 15) is 9.18 Å². The number of nitriles is 1. The summed E-state index contributed by atoms with van der Waals surface area (Å²) in [6.07, 6.45) is 0. The predicted molar refractivity (Wildman–Crippen MR) is 122 cm³/mol. The van der Waals surface area contributed by atoms with E-state index in [0.29, 0.717) is 22.1 Å². The number of carbonyl (C=O) groups is 1. The first-order chi connectivity index (χ1) is 15.5. The molecule has 0 spiro atoms. The first-order valence-electron chi connectivity index (χ1n) is 9.78. The number of rotatable bonds is 6. The van der Waals surface area contributed by atoms with Crippen molar-refractivity contribution in [2.75, 3.05) is 4.90 Å². The fourth-order valence-corrected chi connectivity index (χ4v) is 4.01. The number of hydrogen-bond acceptors (Lipinski definition) is 5.